The molecular formula is C24H32N2O6. The molecule has 0 spiro atoms. The molecule has 1 N–H and O–H groups in total. The molecule has 8 heteroatoms. The van der Waals surface area contributed by atoms with E-state index < -0.39 is 6.10 Å². The van der Waals surface area contributed by atoms with E-state index in [4.69, 9.17) is 23.7 Å². The average molecular weight is 445 g/mol. The van der Waals surface area contributed by atoms with Crippen molar-refractivity contribution in [1.82, 2.24) is 5.43 Å². The van der Waals surface area contributed by atoms with Crippen LogP contribution < -0.4 is 29.1 Å². The smallest absolute Gasteiger partial charge is 0.280 e. The summed E-state index contributed by atoms with van der Waals surface area (Å²) in [6.45, 7) is 4.49. The van der Waals surface area contributed by atoms with E-state index in [1.54, 1.807) is 38.3 Å². The first-order valence-corrected chi connectivity index (χ1v) is 10.5. The van der Waals surface area contributed by atoms with Crippen LogP contribution in [0.2, 0.25) is 0 Å². The lowest BCUT2D eigenvalue weighted by Gasteiger charge is -2.14. The van der Waals surface area contributed by atoms with Gasteiger partial charge in [-0.25, -0.2) is 5.43 Å². The molecule has 1 atom stereocenters. The van der Waals surface area contributed by atoms with Crippen LogP contribution in [0.3, 0.4) is 0 Å². The molecule has 32 heavy (non-hydrogen) atoms. The van der Waals surface area contributed by atoms with Crippen LogP contribution in [0, 0.1) is 0 Å². The maximum atomic E-state index is 12.3. The summed E-state index contributed by atoms with van der Waals surface area (Å²) in [5, 5.41) is 4.01. The van der Waals surface area contributed by atoms with Crippen molar-refractivity contribution in [3.63, 3.8) is 0 Å². The molecule has 8 nitrogen and oxygen atoms in total. The largest absolute Gasteiger partial charge is 0.494 e. The predicted octanol–water partition coefficient (Wildman–Crippen LogP) is 4.20. The average Bonchev–Trinajstić information content (AvgIpc) is 2.82. The van der Waals surface area contributed by atoms with Gasteiger partial charge >= 0.3 is 0 Å². The highest BCUT2D eigenvalue weighted by molar-refractivity contribution is 5.88. The number of carbonyl (C=O) groups excluding carboxylic acids is 1. The second kappa shape index (κ2) is 13.1. The van der Waals surface area contributed by atoms with Gasteiger partial charge in [0, 0.05) is 5.56 Å². The van der Waals surface area contributed by atoms with Crippen LogP contribution in [0.5, 0.6) is 28.7 Å². The van der Waals surface area contributed by atoms with Crippen LogP contribution in [0.1, 0.15) is 38.7 Å². The number of nitrogens with one attached hydrogen (secondary N) is 1. The summed E-state index contributed by atoms with van der Waals surface area (Å²) >= 11 is 0. The van der Waals surface area contributed by atoms with Crippen LogP contribution in [0.4, 0.5) is 0 Å². The number of hydrogen-bond donors (Lipinski definition) is 1. The van der Waals surface area contributed by atoms with E-state index in [1.165, 1.54) is 20.4 Å². The van der Waals surface area contributed by atoms with Crippen molar-refractivity contribution in [2.75, 3.05) is 27.9 Å². The Hall–Kier alpha value is -3.42. The van der Waals surface area contributed by atoms with Crippen LogP contribution in [0.15, 0.2) is 41.5 Å². The van der Waals surface area contributed by atoms with E-state index in [9.17, 15) is 4.79 Å². The summed E-state index contributed by atoms with van der Waals surface area (Å²) in [6, 6.07) is 10.7. The van der Waals surface area contributed by atoms with Crippen molar-refractivity contribution < 1.29 is 28.5 Å². The lowest BCUT2D eigenvalue weighted by atomic mass is 10.2. The van der Waals surface area contributed by atoms with E-state index in [2.05, 4.69) is 17.5 Å². The van der Waals surface area contributed by atoms with E-state index in [1.807, 2.05) is 12.1 Å². The fraction of sp³-hybridized carbons (Fsp3) is 0.417. The Labute approximate surface area is 189 Å². The topological polar surface area (TPSA) is 87.6 Å². The van der Waals surface area contributed by atoms with Gasteiger partial charge in [0.05, 0.1) is 34.2 Å². The highest BCUT2D eigenvalue weighted by atomic mass is 16.5. The normalized spacial score (nSPS) is 11.7. The number of unbranched alkanes of at least 4 members (excludes halogenated alkanes) is 2. The molecule has 0 aliphatic heterocycles. The summed E-state index contributed by atoms with van der Waals surface area (Å²) in [5.74, 6) is 2.38. The lowest BCUT2D eigenvalue weighted by molar-refractivity contribution is -0.127. The molecule has 0 aromatic heterocycles. The van der Waals surface area contributed by atoms with Crippen molar-refractivity contribution in [1.29, 1.82) is 0 Å². The van der Waals surface area contributed by atoms with Gasteiger partial charge in [0.2, 0.25) is 5.75 Å². The number of nitrogens with zero attached hydrogens (tertiary/aromatic N) is 1. The summed E-state index contributed by atoms with van der Waals surface area (Å²) < 4.78 is 27.4. The van der Waals surface area contributed by atoms with E-state index in [0.717, 1.165) is 25.0 Å². The quantitative estimate of drug-likeness (QED) is 0.283. The second-order valence-electron chi connectivity index (χ2n) is 6.94. The second-order valence-corrected chi connectivity index (χ2v) is 6.94. The van der Waals surface area contributed by atoms with Gasteiger partial charge in [-0.2, -0.15) is 5.10 Å². The third-order valence-electron chi connectivity index (χ3n) is 4.64. The number of hydrogen-bond acceptors (Lipinski definition) is 7. The third-order valence-corrected chi connectivity index (χ3v) is 4.64. The zero-order valence-corrected chi connectivity index (χ0v) is 19.3. The molecule has 2 aromatic carbocycles. The molecule has 2 aromatic rings. The molecule has 174 valence electrons. The van der Waals surface area contributed by atoms with E-state index >= 15 is 0 Å². The number of methoxy groups -OCH3 is 3. The summed E-state index contributed by atoms with van der Waals surface area (Å²) in [6.07, 6.45) is 4.06. The van der Waals surface area contributed by atoms with Gasteiger partial charge in [0.1, 0.15) is 11.5 Å². The Morgan fingerprint density at radius 1 is 0.969 bits per heavy atom. The molecule has 0 aliphatic carbocycles. The molecule has 0 saturated carbocycles. The zero-order chi connectivity index (χ0) is 23.3. The maximum absolute atomic E-state index is 12.3. The van der Waals surface area contributed by atoms with Gasteiger partial charge in [0.15, 0.2) is 17.6 Å². The number of amides is 1. The Bertz CT molecular complexity index is 883. The van der Waals surface area contributed by atoms with Crippen LogP contribution in [-0.4, -0.2) is 46.2 Å². The van der Waals surface area contributed by atoms with Crippen molar-refractivity contribution in [3.05, 3.63) is 42.0 Å². The van der Waals surface area contributed by atoms with Crippen LogP contribution >= 0.6 is 0 Å². The van der Waals surface area contributed by atoms with Crippen molar-refractivity contribution in [3.8, 4) is 28.7 Å². The van der Waals surface area contributed by atoms with Gasteiger partial charge in [-0.1, -0.05) is 19.8 Å². The molecule has 0 heterocycles. The summed E-state index contributed by atoms with van der Waals surface area (Å²) in [5.41, 5.74) is 3.09. The van der Waals surface area contributed by atoms with E-state index in [0.29, 0.717) is 35.2 Å². The molecule has 2 rings (SSSR count). The van der Waals surface area contributed by atoms with Gasteiger partial charge in [-0.05, 0) is 49.7 Å². The predicted molar refractivity (Wildman–Crippen MR) is 123 cm³/mol. The fourth-order valence-electron chi connectivity index (χ4n) is 2.90. The van der Waals surface area contributed by atoms with Gasteiger partial charge in [-0.15, -0.1) is 0 Å². The van der Waals surface area contributed by atoms with Crippen molar-refractivity contribution in [2.24, 2.45) is 5.10 Å². The van der Waals surface area contributed by atoms with Crippen molar-refractivity contribution in [2.45, 2.75) is 39.2 Å². The molecule has 1 amide bonds. The zero-order valence-electron chi connectivity index (χ0n) is 19.3. The van der Waals surface area contributed by atoms with Gasteiger partial charge in [-0.3, -0.25) is 4.79 Å². The lowest BCUT2D eigenvalue weighted by Crippen LogP contribution is -2.33. The first-order valence-electron chi connectivity index (χ1n) is 10.5. The summed E-state index contributed by atoms with van der Waals surface area (Å²) in [4.78, 5) is 12.3. The van der Waals surface area contributed by atoms with Crippen LogP contribution in [0.25, 0.3) is 0 Å². The number of ether oxygens (including phenoxy) is 5. The minimum Gasteiger partial charge on any atom is -0.494 e. The van der Waals surface area contributed by atoms with Crippen LogP contribution in [-0.2, 0) is 4.79 Å². The van der Waals surface area contributed by atoms with Crippen molar-refractivity contribution >= 4 is 12.1 Å². The third kappa shape index (κ3) is 7.08. The molecule has 0 radical (unpaired) electrons. The Balaban J connectivity index is 1.91. The summed E-state index contributed by atoms with van der Waals surface area (Å²) in [7, 11) is 4.58. The molecule has 0 saturated heterocycles. The fourth-order valence-corrected chi connectivity index (χ4v) is 2.90. The SMILES string of the molecule is CCCCCOc1ccc(OC(C)C(=O)NN=Cc2ccc(OC)c(OC)c2OC)cc1. The number of benzene rings is 2. The minimum atomic E-state index is -0.740. The molecule has 0 fully saturated rings. The highest BCUT2D eigenvalue weighted by Crippen LogP contribution is 2.38. The van der Waals surface area contributed by atoms with Gasteiger partial charge < -0.3 is 23.7 Å². The van der Waals surface area contributed by atoms with Gasteiger partial charge in [0.25, 0.3) is 5.91 Å². The molecule has 0 bridgehead atoms. The molecule has 0 aliphatic rings. The Morgan fingerprint density at radius 2 is 1.66 bits per heavy atom. The Kier molecular flexibility index (Phi) is 10.2. The number of carbonyl (C=O) groups is 1. The minimum absolute atomic E-state index is 0.388. The molecular weight excluding hydrogens is 412 g/mol. The van der Waals surface area contributed by atoms with E-state index in [-0.39, 0.29) is 5.91 Å². The molecule has 1 unspecified atom stereocenters. The number of hydrazone groups is 1. The first-order chi connectivity index (χ1) is 15.5. The maximum Gasteiger partial charge on any atom is 0.280 e. The number of rotatable bonds is 13. The Morgan fingerprint density at radius 3 is 2.28 bits per heavy atom. The highest BCUT2D eigenvalue weighted by Gasteiger charge is 2.16. The monoisotopic (exact) mass is 444 g/mol. The first kappa shape index (κ1) is 24.8. The standard InChI is InChI=1S/C24H32N2O6/c1-6-7-8-15-31-19-10-12-20(13-11-19)32-17(2)24(27)26-25-16-18-9-14-21(28-3)23(30-5)22(18)29-4/h9-14,16-17H,6-8,15H2,1-5H3,(H,26,27).